The standard InChI is InChI=1S/C18H19N3/c19-10-16-12-21(18-17(16)5-2-8-20-18)11-13-6-7-14-3-1-4-15(14)9-13/h2,5-9,12H,1,3-4,10-11,19H2. The Hall–Kier alpha value is -2.13. The van der Waals surface area contributed by atoms with Crippen LogP contribution in [0.2, 0.25) is 0 Å². The first-order chi connectivity index (χ1) is 10.3. The molecule has 0 aliphatic heterocycles. The lowest BCUT2D eigenvalue weighted by Crippen LogP contribution is -2.00. The number of fused-ring (bicyclic) bond motifs is 2. The van der Waals surface area contributed by atoms with Crippen molar-refractivity contribution in [2.24, 2.45) is 5.73 Å². The average molecular weight is 277 g/mol. The summed E-state index contributed by atoms with van der Waals surface area (Å²) >= 11 is 0. The highest BCUT2D eigenvalue weighted by Crippen LogP contribution is 2.25. The number of aryl methyl sites for hydroxylation is 2. The summed E-state index contributed by atoms with van der Waals surface area (Å²) in [7, 11) is 0. The Balaban J connectivity index is 1.74. The molecule has 0 bridgehead atoms. The van der Waals surface area contributed by atoms with E-state index in [9.17, 15) is 0 Å². The summed E-state index contributed by atoms with van der Waals surface area (Å²) in [6.07, 6.45) is 7.75. The van der Waals surface area contributed by atoms with Gasteiger partial charge in [0, 0.05) is 30.9 Å². The van der Waals surface area contributed by atoms with Crippen LogP contribution in [0.3, 0.4) is 0 Å². The molecule has 1 aromatic carbocycles. The van der Waals surface area contributed by atoms with Crippen molar-refractivity contribution in [3.05, 3.63) is 65.0 Å². The molecule has 0 spiro atoms. The zero-order valence-electron chi connectivity index (χ0n) is 12.0. The summed E-state index contributed by atoms with van der Waals surface area (Å²) in [5.74, 6) is 0. The fourth-order valence-electron chi connectivity index (χ4n) is 3.40. The van der Waals surface area contributed by atoms with Crippen molar-refractivity contribution in [3.8, 4) is 0 Å². The Morgan fingerprint density at radius 2 is 2.05 bits per heavy atom. The largest absolute Gasteiger partial charge is 0.328 e. The lowest BCUT2D eigenvalue weighted by Gasteiger charge is -2.07. The second-order valence-electron chi connectivity index (χ2n) is 5.82. The van der Waals surface area contributed by atoms with Gasteiger partial charge in [-0.05, 0) is 53.6 Å². The zero-order valence-corrected chi connectivity index (χ0v) is 12.0. The van der Waals surface area contributed by atoms with E-state index < -0.39 is 0 Å². The fourth-order valence-corrected chi connectivity index (χ4v) is 3.40. The van der Waals surface area contributed by atoms with Gasteiger partial charge in [-0.2, -0.15) is 0 Å². The molecule has 3 heteroatoms. The molecule has 2 aromatic heterocycles. The molecule has 106 valence electrons. The second-order valence-corrected chi connectivity index (χ2v) is 5.82. The number of nitrogens with two attached hydrogens (primary N) is 1. The van der Waals surface area contributed by atoms with Crippen molar-refractivity contribution in [3.63, 3.8) is 0 Å². The van der Waals surface area contributed by atoms with Crippen molar-refractivity contribution in [2.45, 2.75) is 32.4 Å². The first kappa shape index (κ1) is 12.6. The summed E-state index contributed by atoms with van der Waals surface area (Å²) in [5.41, 5.74) is 12.4. The van der Waals surface area contributed by atoms with Crippen LogP contribution in [0.15, 0.2) is 42.7 Å². The third kappa shape index (κ3) is 2.14. The topological polar surface area (TPSA) is 43.8 Å². The number of nitrogens with zero attached hydrogens (tertiary/aromatic N) is 2. The molecular formula is C18H19N3. The van der Waals surface area contributed by atoms with E-state index in [0.717, 1.165) is 12.2 Å². The molecule has 2 N–H and O–H groups in total. The Bertz CT molecular complexity index is 801. The molecule has 2 heterocycles. The molecule has 0 amide bonds. The van der Waals surface area contributed by atoms with E-state index in [1.807, 2.05) is 12.3 Å². The summed E-state index contributed by atoms with van der Waals surface area (Å²) < 4.78 is 2.22. The van der Waals surface area contributed by atoms with Gasteiger partial charge in [0.25, 0.3) is 0 Å². The lowest BCUT2D eigenvalue weighted by atomic mass is 10.1. The second kappa shape index (κ2) is 5.01. The SMILES string of the molecule is NCc1cn(Cc2ccc3c(c2)CCC3)c2ncccc12. The van der Waals surface area contributed by atoms with Crippen molar-refractivity contribution < 1.29 is 0 Å². The van der Waals surface area contributed by atoms with Crippen molar-refractivity contribution in [2.75, 3.05) is 0 Å². The van der Waals surface area contributed by atoms with Gasteiger partial charge in [0.05, 0.1) is 0 Å². The normalized spacial score (nSPS) is 13.8. The van der Waals surface area contributed by atoms with Gasteiger partial charge in [-0.1, -0.05) is 18.2 Å². The van der Waals surface area contributed by atoms with Crippen molar-refractivity contribution in [1.29, 1.82) is 0 Å². The fraction of sp³-hybridized carbons (Fsp3) is 0.278. The Morgan fingerprint density at radius 3 is 2.95 bits per heavy atom. The maximum absolute atomic E-state index is 5.86. The van der Waals surface area contributed by atoms with E-state index in [2.05, 4.69) is 40.0 Å². The minimum atomic E-state index is 0.555. The molecule has 3 nitrogen and oxygen atoms in total. The van der Waals surface area contributed by atoms with Crippen molar-refractivity contribution >= 4 is 11.0 Å². The van der Waals surface area contributed by atoms with E-state index in [-0.39, 0.29) is 0 Å². The molecule has 0 unspecified atom stereocenters. The van der Waals surface area contributed by atoms with Gasteiger partial charge >= 0.3 is 0 Å². The minimum Gasteiger partial charge on any atom is -0.328 e. The van der Waals surface area contributed by atoms with E-state index in [0.29, 0.717) is 6.54 Å². The highest BCUT2D eigenvalue weighted by Gasteiger charge is 2.12. The summed E-state index contributed by atoms with van der Waals surface area (Å²) in [5, 5.41) is 1.17. The predicted molar refractivity (Wildman–Crippen MR) is 85.2 cm³/mol. The van der Waals surface area contributed by atoms with Gasteiger partial charge < -0.3 is 10.3 Å². The molecule has 1 aliphatic rings. The number of hydrogen-bond donors (Lipinski definition) is 1. The summed E-state index contributed by atoms with van der Waals surface area (Å²) in [6.45, 7) is 1.42. The maximum atomic E-state index is 5.86. The summed E-state index contributed by atoms with van der Waals surface area (Å²) in [6, 6.07) is 11.0. The van der Waals surface area contributed by atoms with Crippen LogP contribution in [0.1, 0.15) is 28.7 Å². The molecule has 0 fully saturated rings. The van der Waals surface area contributed by atoms with Crippen LogP contribution >= 0.6 is 0 Å². The molecule has 0 saturated heterocycles. The van der Waals surface area contributed by atoms with Gasteiger partial charge in [0.15, 0.2) is 0 Å². The van der Waals surface area contributed by atoms with Crippen LogP contribution in [0, 0.1) is 0 Å². The molecule has 3 aromatic rings. The van der Waals surface area contributed by atoms with Crippen molar-refractivity contribution in [1.82, 2.24) is 9.55 Å². The third-order valence-corrected chi connectivity index (χ3v) is 4.45. The number of benzene rings is 1. The number of hydrogen-bond acceptors (Lipinski definition) is 2. The molecule has 21 heavy (non-hydrogen) atoms. The third-order valence-electron chi connectivity index (χ3n) is 4.45. The smallest absolute Gasteiger partial charge is 0.140 e. The first-order valence-corrected chi connectivity index (χ1v) is 7.58. The van der Waals surface area contributed by atoms with Gasteiger partial charge in [0.1, 0.15) is 5.65 Å². The van der Waals surface area contributed by atoms with Crippen LogP contribution in [0.25, 0.3) is 11.0 Å². The predicted octanol–water partition coefficient (Wildman–Crippen LogP) is 3.03. The average Bonchev–Trinajstić information content (AvgIpc) is 3.12. The van der Waals surface area contributed by atoms with Crippen LogP contribution in [0.4, 0.5) is 0 Å². The van der Waals surface area contributed by atoms with Gasteiger partial charge in [-0.15, -0.1) is 0 Å². The lowest BCUT2D eigenvalue weighted by molar-refractivity contribution is 0.817. The van der Waals surface area contributed by atoms with E-state index >= 15 is 0 Å². The van der Waals surface area contributed by atoms with Gasteiger partial charge in [-0.25, -0.2) is 4.98 Å². The number of aromatic nitrogens is 2. The monoisotopic (exact) mass is 277 g/mol. The quantitative estimate of drug-likeness (QED) is 0.799. The molecule has 0 atom stereocenters. The number of rotatable bonds is 3. The zero-order chi connectivity index (χ0) is 14.2. The molecule has 4 rings (SSSR count). The first-order valence-electron chi connectivity index (χ1n) is 7.58. The highest BCUT2D eigenvalue weighted by molar-refractivity contribution is 5.80. The van der Waals surface area contributed by atoms with E-state index in [1.165, 1.54) is 46.9 Å². The number of pyridine rings is 1. The molecule has 1 aliphatic carbocycles. The van der Waals surface area contributed by atoms with Gasteiger partial charge in [0.2, 0.25) is 0 Å². The van der Waals surface area contributed by atoms with Crippen LogP contribution in [-0.4, -0.2) is 9.55 Å². The molecule has 0 saturated carbocycles. The minimum absolute atomic E-state index is 0.555. The van der Waals surface area contributed by atoms with Crippen LogP contribution in [-0.2, 0) is 25.9 Å². The summed E-state index contributed by atoms with van der Waals surface area (Å²) in [4.78, 5) is 4.53. The maximum Gasteiger partial charge on any atom is 0.140 e. The Morgan fingerprint density at radius 1 is 1.14 bits per heavy atom. The molecular weight excluding hydrogens is 258 g/mol. The van der Waals surface area contributed by atoms with Crippen LogP contribution < -0.4 is 5.73 Å². The van der Waals surface area contributed by atoms with E-state index in [1.54, 1.807) is 0 Å². The van der Waals surface area contributed by atoms with Crippen LogP contribution in [0.5, 0.6) is 0 Å². The Labute approximate surface area is 124 Å². The highest BCUT2D eigenvalue weighted by atomic mass is 15.0. The van der Waals surface area contributed by atoms with Gasteiger partial charge in [-0.3, -0.25) is 0 Å². The molecule has 0 radical (unpaired) electrons. The Kier molecular flexibility index (Phi) is 3.00. The van der Waals surface area contributed by atoms with E-state index in [4.69, 9.17) is 5.73 Å².